The van der Waals surface area contributed by atoms with Gasteiger partial charge in [0.2, 0.25) is 6.79 Å². The second-order valence-electron chi connectivity index (χ2n) is 6.47. The van der Waals surface area contributed by atoms with Gasteiger partial charge in [-0.3, -0.25) is 9.52 Å². The quantitative estimate of drug-likeness (QED) is 0.426. The molecule has 3 aromatic rings. The molecule has 3 aromatic carbocycles. The summed E-state index contributed by atoms with van der Waals surface area (Å²) in [7, 11) is -4.04. The Balaban J connectivity index is 1.60. The molecular weight excluding hydrogens is 448 g/mol. The maximum absolute atomic E-state index is 12.7. The number of benzene rings is 3. The van der Waals surface area contributed by atoms with Crippen LogP contribution in [0.5, 0.6) is 23.0 Å². The molecule has 4 N–H and O–H groups in total. The molecule has 1 aliphatic rings. The molecule has 0 aliphatic carbocycles. The van der Waals surface area contributed by atoms with Gasteiger partial charge < -0.3 is 25.0 Å². The van der Waals surface area contributed by atoms with Gasteiger partial charge in [-0.25, -0.2) is 8.42 Å². The van der Waals surface area contributed by atoms with Crippen LogP contribution in [0.2, 0.25) is 5.02 Å². The van der Waals surface area contributed by atoms with Crippen LogP contribution in [-0.2, 0) is 10.0 Å². The molecule has 1 amide bonds. The Morgan fingerprint density at radius 2 is 1.71 bits per heavy atom. The van der Waals surface area contributed by atoms with E-state index in [0.29, 0.717) is 5.02 Å². The van der Waals surface area contributed by atoms with Crippen molar-refractivity contribution in [1.29, 1.82) is 0 Å². The summed E-state index contributed by atoms with van der Waals surface area (Å²) in [6.45, 7) is -0.0415. The van der Waals surface area contributed by atoms with E-state index in [2.05, 4.69) is 10.0 Å². The van der Waals surface area contributed by atoms with Crippen LogP contribution in [0.4, 0.5) is 11.4 Å². The third-order valence-electron chi connectivity index (χ3n) is 4.34. The number of sulfonamides is 1. The Bertz CT molecular complexity index is 1290. The van der Waals surface area contributed by atoms with E-state index < -0.39 is 15.9 Å². The summed E-state index contributed by atoms with van der Waals surface area (Å²) in [5.74, 6) is -0.960. The summed E-state index contributed by atoms with van der Waals surface area (Å²) in [4.78, 5) is 12.4. The molecule has 160 valence electrons. The highest BCUT2D eigenvalue weighted by Gasteiger charge is 2.22. The third-order valence-corrected chi connectivity index (χ3v) is 5.95. The van der Waals surface area contributed by atoms with Crippen LogP contribution in [0.1, 0.15) is 10.4 Å². The summed E-state index contributed by atoms with van der Waals surface area (Å²) in [6.07, 6.45) is 0. The molecule has 0 atom stereocenters. The average molecular weight is 463 g/mol. The topological polar surface area (TPSA) is 134 Å². The van der Waals surface area contributed by atoms with Crippen LogP contribution in [-0.4, -0.2) is 31.3 Å². The van der Waals surface area contributed by atoms with Crippen molar-refractivity contribution >= 4 is 38.9 Å². The molecule has 9 nitrogen and oxygen atoms in total. The number of amides is 1. The van der Waals surface area contributed by atoms with E-state index in [4.69, 9.17) is 21.1 Å². The van der Waals surface area contributed by atoms with Crippen molar-refractivity contribution in [1.82, 2.24) is 0 Å². The number of aromatic hydroxyl groups is 2. The van der Waals surface area contributed by atoms with Crippen molar-refractivity contribution in [3.8, 4) is 23.0 Å². The van der Waals surface area contributed by atoms with E-state index in [1.54, 1.807) is 12.1 Å². The van der Waals surface area contributed by atoms with Crippen molar-refractivity contribution < 1.29 is 32.9 Å². The monoisotopic (exact) mass is 462 g/mol. The van der Waals surface area contributed by atoms with E-state index >= 15 is 0 Å². The Morgan fingerprint density at radius 1 is 0.968 bits per heavy atom. The second kappa shape index (κ2) is 7.89. The van der Waals surface area contributed by atoms with Gasteiger partial charge in [0.25, 0.3) is 15.9 Å². The van der Waals surface area contributed by atoms with Gasteiger partial charge in [-0.05, 0) is 36.4 Å². The molecule has 0 saturated carbocycles. The molecule has 4 rings (SSSR count). The number of hydrogen-bond donors (Lipinski definition) is 4. The summed E-state index contributed by atoms with van der Waals surface area (Å²) in [5, 5.41) is 22.9. The standard InChI is InChI=1S/C20H15ClN2O7S/c21-11-2-1-3-12(6-11)23-31(27,28)13-4-5-16(24)15(7-13)22-20(26)14-8-18-19(9-17(14)25)30-10-29-18/h1-9,23-25H,10H2,(H,22,26). The SMILES string of the molecule is O=C(Nc1cc(S(=O)(=O)Nc2cccc(Cl)c2)ccc1O)c1cc2c(cc1O)OCO2. The van der Waals surface area contributed by atoms with Crippen LogP contribution < -0.4 is 19.5 Å². The van der Waals surface area contributed by atoms with Crippen molar-refractivity contribution in [2.45, 2.75) is 4.90 Å². The van der Waals surface area contributed by atoms with Crippen molar-refractivity contribution in [3.05, 3.63) is 65.2 Å². The number of rotatable bonds is 5. The fourth-order valence-electron chi connectivity index (χ4n) is 2.85. The molecule has 1 aliphatic heterocycles. The molecule has 31 heavy (non-hydrogen) atoms. The van der Waals surface area contributed by atoms with Crippen molar-refractivity contribution in [3.63, 3.8) is 0 Å². The molecule has 0 aromatic heterocycles. The first-order chi connectivity index (χ1) is 14.7. The predicted molar refractivity (Wildman–Crippen MR) is 113 cm³/mol. The van der Waals surface area contributed by atoms with E-state index in [1.165, 1.54) is 30.3 Å². The summed E-state index contributed by atoms with van der Waals surface area (Å²) in [6, 6.07) is 12.0. The lowest BCUT2D eigenvalue weighted by Crippen LogP contribution is -2.15. The Morgan fingerprint density at radius 3 is 2.45 bits per heavy atom. The number of fused-ring (bicyclic) bond motifs is 1. The smallest absolute Gasteiger partial charge is 0.261 e. The average Bonchev–Trinajstić information content (AvgIpc) is 3.15. The number of carbonyl (C=O) groups is 1. The zero-order valence-electron chi connectivity index (χ0n) is 15.6. The first kappa shape index (κ1) is 20.6. The van der Waals surface area contributed by atoms with Crippen LogP contribution in [0.25, 0.3) is 0 Å². The third kappa shape index (κ3) is 4.30. The van der Waals surface area contributed by atoms with Gasteiger partial charge in [0.1, 0.15) is 11.5 Å². The maximum Gasteiger partial charge on any atom is 0.261 e. The minimum Gasteiger partial charge on any atom is -0.507 e. The van der Waals surface area contributed by atoms with Crippen LogP contribution >= 0.6 is 11.6 Å². The molecule has 0 saturated heterocycles. The van der Waals surface area contributed by atoms with E-state index in [-0.39, 0.29) is 51.6 Å². The molecule has 0 radical (unpaired) electrons. The number of phenolic OH excluding ortho intramolecular Hbond substituents is 2. The van der Waals surface area contributed by atoms with E-state index in [0.717, 1.165) is 12.1 Å². The predicted octanol–water partition coefficient (Wildman–Crippen LogP) is 3.53. The molecule has 0 unspecified atom stereocenters. The number of halogens is 1. The van der Waals surface area contributed by atoms with Crippen LogP contribution in [0, 0.1) is 0 Å². The number of hydrogen-bond acceptors (Lipinski definition) is 7. The first-order valence-electron chi connectivity index (χ1n) is 8.78. The molecule has 1 heterocycles. The highest BCUT2D eigenvalue weighted by molar-refractivity contribution is 7.92. The Hall–Kier alpha value is -3.63. The number of nitrogens with one attached hydrogen (secondary N) is 2. The highest BCUT2D eigenvalue weighted by atomic mass is 35.5. The first-order valence-corrected chi connectivity index (χ1v) is 10.6. The van der Waals surface area contributed by atoms with Gasteiger partial charge >= 0.3 is 0 Å². The normalized spacial score (nSPS) is 12.4. The fourth-order valence-corrected chi connectivity index (χ4v) is 4.12. The van der Waals surface area contributed by atoms with Crippen molar-refractivity contribution in [2.75, 3.05) is 16.8 Å². The summed E-state index contributed by atoms with van der Waals surface area (Å²) >= 11 is 5.88. The van der Waals surface area contributed by atoms with Gasteiger partial charge in [-0.15, -0.1) is 0 Å². The highest BCUT2D eigenvalue weighted by Crippen LogP contribution is 2.38. The zero-order chi connectivity index (χ0) is 22.2. The van der Waals surface area contributed by atoms with Gasteiger partial charge in [0, 0.05) is 17.2 Å². The van der Waals surface area contributed by atoms with Crippen LogP contribution in [0.15, 0.2) is 59.5 Å². The summed E-state index contributed by atoms with van der Waals surface area (Å²) in [5.41, 5.74) is -0.0681. The number of carbonyl (C=O) groups excluding carboxylic acids is 1. The molecule has 0 bridgehead atoms. The van der Waals surface area contributed by atoms with Crippen LogP contribution in [0.3, 0.4) is 0 Å². The van der Waals surface area contributed by atoms with E-state index in [9.17, 15) is 23.4 Å². The lowest BCUT2D eigenvalue weighted by Gasteiger charge is -2.12. The van der Waals surface area contributed by atoms with Gasteiger partial charge in [0.15, 0.2) is 11.5 Å². The molecule has 11 heteroatoms. The van der Waals surface area contributed by atoms with Gasteiger partial charge in [-0.2, -0.15) is 0 Å². The lowest BCUT2D eigenvalue weighted by molar-refractivity contribution is 0.102. The fraction of sp³-hybridized carbons (Fsp3) is 0.0500. The Labute approximate surface area is 181 Å². The molecule has 0 spiro atoms. The molecular formula is C20H15ClN2O7S. The Kier molecular flexibility index (Phi) is 5.25. The lowest BCUT2D eigenvalue weighted by atomic mass is 10.1. The molecule has 0 fully saturated rings. The summed E-state index contributed by atoms with van der Waals surface area (Å²) < 4.78 is 38.1. The largest absolute Gasteiger partial charge is 0.507 e. The van der Waals surface area contributed by atoms with Crippen molar-refractivity contribution in [2.24, 2.45) is 0 Å². The number of phenols is 2. The minimum absolute atomic E-state index is 0.0415. The van der Waals surface area contributed by atoms with Gasteiger partial charge in [-0.1, -0.05) is 17.7 Å². The second-order valence-corrected chi connectivity index (χ2v) is 8.59. The number of ether oxygens (including phenoxy) is 2. The van der Waals surface area contributed by atoms with E-state index in [1.807, 2.05) is 0 Å². The maximum atomic E-state index is 12.7. The van der Waals surface area contributed by atoms with Gasteiger partial charge in [0.05, 0.1) is 21.8 Å². The number of anilines is 2. The zero-order valence-corrected chi connectivity index (χ0v) is 17.2. The minimum atomic E-state index is -4.04.